The van der Waals surface area contributed by atoms with E-state index in [1.54, 1.807) is 20.8 Å². The summed E-state index contributed by atoms with van der Waals surface area (Å²) in [5.41, 5.74) is -1.41. The van der Waals surface area contributed by atoms with Crippen LogP contribution in [0, 0.1) is 28.6 Å². The maximum Gasteiger partial charge on any atom is 0.316 e. The molecule has 1 aliphatic heterocycles. The van der Waals surface area contributed by atoms with Crippen LogP contribution < -0.4 is 21.3 Å². The highest BCUT2D eigenvalue weighted by molar-refractivity contribution is 6.38. The molecule has 0 aromatic rings. The van der Waals surface area contributed by atoms with Gasteiger partial charge in [-0.2, -0.15) is 0 Å². The second-order valence-corrected chi connectivity index (χ2v) is 14.6. The lowest BCUT2D eigenvalue weighted by Crippen LogP contribution is -2.62. The summed E-state index contributed by atoms with van der Waals surface area (Å²) in [6.07, 6.45) is 2.83. The normalized spacial score (nSPS) is 19.2. The molecule has 0 radical (unpaired) electrons. The molecule has 11 heteroatoms. The van der Waals surface area contributed by atoms with E-state index in [1.807, 2.05) is 55.4 Å². The van der Waals surface area contributed by atoms with Gasteiger partial charge in [0.25, 0.3) is 5.91 Å². The molecule has 4 N–H and O–H groups in total. The molecule has 1 rings (SSSR count). The van der Waals surface area contributed by atoms with Gasteiger partial charge in [-0.1, -0.05) is 88.7 Å². The number of carbonyl (C=O) groups excluding carboxylic acids is 6. The molecule has 0 spiro atoms. The zero-order valence-corrected chi connectivity index (χ0v) is 28.8. The molecule has 0 aliphatic carbocycles. The number of hydrogen-bond donors (Lipinski definition) is 4. The number of carbonyl (C=O) groups is 6. The van der Waals surface area contributed by atoms with E-state index >= 15 is 0 Å². The average Bonchev–Trinajstić information content (AvgIpc) is 3.36. The fourth-order valence-electron chi connectivity index (χ4n) is 5.45. The summed E-state index contributed by atoms with van der Waals surface area (Å²) < 4.78 is 0. The molecular formula is C33H57N5O6. The SMILES string of the molecule is C=CCNC(=O)C(=O)C(CCC)NC(=O)[C@@H]1[C@@H](C(C)C)CCN1C(=O)[C@@H](NC(=O)N[C@H](C(=O)C(C)(C)C)C(C)C)C(C)(C)C. The van der Waals surface area contributed by atoms with Gasteiger partial charge < -0.3 is 26.2 Å². The maximum atomic E-state index is 14.2. The molecule has 0 bridgehead atoms. The Balaban J connectivity index is 3.33. The third kappa shape index (κ3) is 10.4. The molecule has 250 valence electrons. The van der Waals surface area contributed by atoms with E-state index in [-0.39, 0.29) is 36.5 Å². The largest absolute Gasteiger partial charge is 0.346 e. The zero-order valence-electron chi connectivity index (χ0n) is 28.8. The number of nitrogens with zero attached hydrogens (tertiary/aromatic N) is 1. The Morgan fingerprint density at radius 1 is 0.932 bits per heavy atom. The molecule has 1 heterocycles. The lowest BCUT2D eigenvalue weighted by Gasteiger charge is -2.37. The maximum absolute atomic E-state index is 14.2. The van der Waals surface area contributed by atoms with Crippen LogP contribution in [0.3, 0.4) is 0 Å². The van der Waals surface area contributed by atoms with E-state index < -0.39 is 64.5 Å². The Labute approximate surface area is 264 Å². The third-order valence-corrected chi connectivity index (χ3v) is 8.06. The van der Waals surface area contributed by atoms with E-state index in [9.17, 15) is 28.8 Å². The number of amides is 5. The topological polar surface area (TPSA) is 154 Å². The van der Waals surface area contributed by atoms with E-state index in [4.69, 9.17) is 0 Å². The van der Waals surface area contributed by atoms with Gasteiger partial charge in [0.2, 0.25) is 17.6 Å². The molecule has 0 aromatic carbocycles. The van der Waals surface area contributed by atoms with Gasteiger partial charge in [-0.05, 0) is 36.0 Å². The van der Waals surface area contributed by atoms with Gasteiger partial charge in [0, 0.05) is 18.5 Å². The van der Waals surface area contributed by atoms with Gasteiger partial charge in [-0.3, -0.25) is 24.0 Å². The van der Waals surface area contributed by atoms with Gasteiger partial charge in [0.05, 0.1) is 12.1 Å². The Kier molecular flexibility index (Phi) is 14.3. The Morgan fingerprint density at radius 3 is 1.98 bits per heavy atom. The van der Waals surface area contributed by atoms with Crippen molar-refractivity contribution >= 4 is 35.3 Å². The van der Waals surface area contributed by atoms with Crippen LogP contribution in [0.1, 0.15) is 95.4 Å². The van der Waals surface area contributed by atoms with Crippen LogP contribution in [0.5, 0.6) is 0 Å². The number of Topliss-reactive ketones (excluding diaryl/α,β-unsaturated/α-hetero) is 2. The van der Waals surface area contributed by atoms with Crippen LogP contribution in [0.4, 0.5) is 4.79 Å². The predicted molar refractivity (Wildman–Crippen MR) is 171 cm³/mol. The molecule has 1 fully saturated rings. The third-order valence-electron chi connectivity index (χ3n) is 8.06. The Hall–Kier alpha value is -3.24. The second kappa shape index (κ2) is 16.2. The van der Waals surface area contributed by atoms with E-state index in [0.717, 1.165) is 0 Å². The molecule has 5 atom stereocenters. The number of rotatable bonds is 14. The second-order valence-electron chi connectivity index (χ2n) is 14.6. The van der Waals surface area contributed by atoms with Crippen molar-refractivity contribution in [3.63, 3.8) is 0 Å². The first-order valence-electron chi connectivity index (χ1n) is 15.8. The number of urea groups is 1. The van der Waals surface area contributed by atoms with Crippen molar-refractivity contribution in [1.29, 1.82) is 0 Å². The number of ketones is 2. The van der Waals surface area contributed by atoms with E-state index in [0.29, 0.717) is 19.4 Å². The van der Waals surface area contributed by atoms with Gasteiger partial charge in [-0.25, -0.2) is 4.79 Å². The summed E-state index contributed by atoms with van der Waals surface area (Å²) in [5, 5.41) is 10.8. The highest BCUT2D eigenvalue weighted by Gasteiger charge is 2.48. The molecule has 1 aliphatic rings. The number of nitrogens with one attached hydrogen (secondary N) is 4. The van der Waals surface area contributed by atoms with Crippen molar-refractivity contribution < 1.29 is 28.8 Å². The fourth-order valence-corrected chi connectivity index (χ4v) is 5.45. The minimum Gasteiger partial charge on any atom is -0.346 e. The molecule has 0 saturated carbocycles. The van der Waals surface area contributed by atoms with Gasteiger partial charge >= 0.3 is 6.03 Å². The van der Waals surface area contributed by atoms with Crippen LogP contribution in [0.2, 0.25) is 0 Å². The Morgan fingerprint density at radius 2 is 1.52 bits per heavy atom. The summed E-state index contributed by atoms with van der Waals surface area (Å²) in [5.74, 6) is -2.95. The van der Waals surface area contributed by atoms with Crippen molar-refractivity contribution in [2.24, 2.45) is 28.6 Å². The minimum absolute atomic E-state index is 0.0410. The highest BCUT2D eigenvalue weighted by atomic mass is 16.2. The van der Waals surface area contributed by atoms with Crippen LogP contribution in [0.25, 0.3) is 0 Å². The standard InChI is InChI=1S/C33H57N5O6/c1-13-15-22(25(39)29(42)34-17-14-2)35-28(41)24-21(19(3)4)16-18-38(24)30(43)26(32(7,8)9)37-31(44)36-23(20(5)6)27(40)33(10,11)12/h14,19-24,26H,2,13,15-18H2,1,3-12H3,(H,34,42)(H,35,41)(H2,36,37,44)/t21-,22?,23+,24+,26-/m1/s1. The van der Waals surface area contributed by atoms with Gasteiger partial charge in [0.15, 0.2) is 5.78 Å². The van der Waals surface area contributed by atoms with E-state index in [2.05, 4.69) is 27.8 Å². The molecule has 1 unspecified atom stereocenters. The van der Waals surface area contributed by atoms with Crippen LogP contribution in [0.15, 0.2) is 12.7 Å². The van der Waals surface area contributed by atoms with Gasteiger partial charge in [-0.15, -0.1) is 6.58 Å². The zero-order chi connectivity index (χ0) is 34.2. The van der Waals surface area contributed by atoms with Crippen molar-refractivity contribution in [1.82, 2.24) is 26.2 Å². The quantitative estimate of drug-likeness (QED) is 0.173. The van der Waals surface area contributed by atoms with E-state index in [1.165, 1.54) is 11.0 Å². The summed E-state index contributed by atoms with van der Waals surface area (Å²) in [7, 11) is 0. The summed E-state index contributed by atoms with van der Waals surface area (Å²) in [6.45, 7) is 24.3. The highest BCUT2D eigenvalue weighted by Crippen LogP contribution is 2.33. The first-order chi connectivity index (χ1) is 20.2. The molecule has 44 heavy (non-hydrogen) atoms. The van der Waals surface area contributed by atoms with Crippen LogP contribution >= 0.6 is 0 Å². The van der Waals surface area contributed by atoms with Crippen LogP contribution in [-0.4, -0.2) is 77.5 Å². The minimum atomic E-state index is -1.04. The van der Waals surface area contributed by atoms with Crippen molar-refractivity contribution in [3.05, 3.63) is 12.7 Å². The smallest absolute Gasteiger partial charge is 0.316 e. The van der Waals surface area contributed by atoms with Gasteiger partial charge in [0.1, 0.15) is 12.1 Å². The predicted octanol–water partition coefficient (Wildman–Crippen LogP) is 3.37. The van der Waals surface area contributed by atoms with Crippen molar-refractivity contribution in [2.75, 3.05) is 13.1 Å². The average molecular weight is 620 g/mol. The lowest BCUT2D eigenvalue weighted by atomic mass is 9.82. The summed E-state index contributed by atoms with van der Waals surface area (Å²) in [4.78, 5) is 81.1. The van der Waals surface area contributed by atoms with Crippen molar-refractivity contribution in [3.8, 4) is 0 Å². The fraction of sp³-hybridized carbons (Fsp3) is 0.758. The van der Waals surface area contributed by atoms with Crippen molar-refractivity contribution in [2.45, 2.75) is 120 Å². The summed E-state index contributed by atoms with van der Waals surface area (Å²) in [6, 6.07) is -4.35. The molecule has 5 amide bonds. The lowest BCUT2D eigenvalue weighted by molar-refractivity contribution is -0.144. The molecule has 1 saturated heterocycles. The number of likely N-dealkylation sites (tertiary alicyclic amines) is 1. The molecular weight excluding hydrogens is 562 g/mol. The molecule has 0 aromatic heterocycles. The Bertz CT molecular complexity index is 1070. The summed E-state index contributed by atoms with van der Waals surface area (Å²) >= 11 is 0. The van der Waals surface area contributed by atoms with Crippen LogP contribution in [-0.2, 0) is 24.0 Å². The number of hydrogen-bond acceptors (Lipinski definition) is 6. The first kappa shape index (κ1) is 38.8. The first-order valence-corrected chi connectivity index (χ1v) is 15.8. The molecule has 11 nitrogen and oxygen atoms in total. The monoisotopic (exact) mass is 619 g/mol.